The molecule has 0 radical (unpaired) electrons. The molecule has 0 aliphatic heterocycles. The number of carboxylic acid groups (broad SMARTS) is 1. The molecule has 1 atom stereocenters. The molecule has 42 heavy (non-hydrogen) atoms. The number of aliphatic carboxylic acids is 1. The summed E-state index contributed by atoms with van der Waals surface area (Å²) in [6, 6.07) is 30.7. The van der Waals surface area contributed by atoms with Crippen molar-refractivity contribution in [2.24, 2.45) is 20.5 Å². The molecule has 0 saturated heterocycles. The van der Waals surface area contributed by atoms with Crippen LogP contribution in [-0.4, -0.2) is 35.5 Å². The second-order valence-electron chi connectivity index (χ2n) is 9.28. The lowest BCUT2D eigenvalue weighted by Crippen LogP contribution is -2.40. The van der Waals surface area contributed by atoms with Gasteiger partial charge in [0.05, 0.1) is 22.7 Å². The van der Waals surface area contributed by atoms with Gasteiger partial charge in [0, 0.05) is 17.7 Å². The monoisotopic (exact) mass is 562 g/mol. The fourth-order valence-corrected chi connectivity index (χ4v) is 3.86. The van der Waals surface area contributed by atoms with E-state index in [9.17, 15) is 19.5 Å². The number of carbonyl (C=O) groups excluding carboxylic acids is 2. The van der Waals surface area contributed by atoms with Gasteiger partial charge in [0.2, 0.25) is 0 Å². The zero-order valence-corrected chi connectivity index (χ0v) is 22.8. The molecule has 0 aliphatic rings. The number of amides is 2. The third kappa shape index (κ3) is 9.30. The number of carbonyl (C=O) groups is 3. The molecule has 2 amide bonds. The maximum Gasteiger partial charge on any atom is 0.326 e. The zero-order chi connectivity index (χ0) is 29.6. The minimum absolute atomic E-state index is 0.224. The van der Waals surface area contributed by atoms with Crippen LogP contribution in [-0.2, 0) is 4.79 Å². The maximum absolute atomic E-state index is 12.6. The van der Waals surface area contributed by atoms with Crippen LogP contribution in [0.25, 0.3) is 0 Å². The highest BCUT2D eigenvalue weighted by molar-refractivity contribution is 5.97. The Balaban J connectivity index is 1.18. The van der Waals surface area contributed by atoms with Crippen molar-refractivity contribution in [3.8, 4) is 0 Å². The second-order valence-corrected chi connectivity index (χ2v) is 9.28. The van der Waals surface area contributed by atoms with Gasteiger partial charge in [-0.25, -0.2) is 4.79 Å². The lowest BCUT2D eigenvalue weighted by Gasteiger charge is -2.14. The summed E-state index contributed by atoms with van der Waals surface area (Å²) in [7, 11) is 0. The molecular weight excluding hydrogens is 532 g/mol. The number of unbranched alkanes of at least 4 members (excludes halogenated alkanes) is 1. The highest BCUT2D eigenvalue weighted by Gasteiger charge is 2.20. The van der Waals surface area contributed by atoms with Crippen molar-refractivity contribution in [3.05, 3.63) is 120 Å². The predicted octanol–water partition coefficient (Wildman–Crippen LogP) is 7.30. The molecule has 3 N–H and O–H groups in total. The number of nitrogens with one attached hydrogen (secondary N) is 2. The molecule has 0 fully saturated rings. The van der Waals surface area contributed by atoms with E-state index in [1.807, 2.05) is 60.7 Å². The van der Waals surface area contributed by atoms with Crippen LogP contribution < -0.4 is 10.6 Å². The Hall–Kier alpha value is -5.51. The minimum Gasteiger partial charge on any atom is -0.480 e. The molecule has 0 bridgehead atoms. The van der Waals surface area contributed by atoms with Crippen LogP contribution in [0, 0.1) is 0 Å². The lowest BCUT2D eigenvalue weighted by molar-refractivity contribution is -0.139. The number of carboxylic acids is 1. The third-order valence-electron chi connectivity index (χ3n) is 6.14. The topological polar surface area (TPSA) is 145 Å². The van der Waals surface area contributed by atoms with Crippen molar-refractivity contribution in [1.29, 1.82) is 0 Å². The highest BCUT2D eigenvalue weighted by Crippen LogP contribution is 2.20. The smallest absolute Gasteiger partial charge is 0.326 e. The number of azo groups is 2. The Morgan fingerprint density at radius 3 is 1.45 bits per heavy atom. The first-order valence-electron chi connectivity index (χ1n) is 13.4. The van der Waals surface area contributed by atoms with Crippen LogP contribution in [0.5, 0.6) is 0 Å². The van der Waals surface area contributed by atoms with Gasteiger partial charge in [-0.15, -0.1) is 0 Å². The predicted molar refractivity (Wildman–Crippen MR) is 159 cm³/mol. The Labute approximate surface area is 243 Å². The molecule has 10 nitrogen and oxygen atoms in total. The van der Waals surface area contributed by atoms with Crippen molar-refractivity contribution in [2.75, 3.05) is 6.54 Å². The SMILES string of the molecule is O=C(NCCCC[C@H](NC(=O)c1ccc(N=Nc2ccccc2)cc1)C(=O)O)c1ccc(N=Nc2ccccc2)cc1. The van der Waals surface area contributed by atoms with Gasteiger partial charge in [0.15, 0.2) is 0 Å². The van der Waals surface area contributed by atoms with Gasteiger partial charge in [0.1, 0.15) is 6.04 Å². The largest absolute Gasteiger partial charge is 0.480 e. The van der Waals surface area contributed by atoms with E-state index in [-0.39, 0.29) is 12.3 Å². The highest BCUT2D eigenvalue weighted by atomic mass is 16.4. The van der Waals surface area contributed by atoms with Crippen LogP contribution in [0.4, 0.5) is 22.7 Å². The first kappa shape index (κ1) is 29.5. The minimum atomic E-state index is -1.12. The third-order valence-corrected chi connectivity index (χ3v) is 6.14. The van der Waals surface area contributed by atoms with Gasteiger partial charge in [0.25, 0.3) is 11.8 Å². The molecule has 4 rings (SSSR count). The van der Waals surface area contributed by atoms with Crippen molar-refractivity contribution in [1.82, 2.24) is 10.6 Å². The Morgan fingerprint density at radius 2 is 1.00 bits per heavy atom. The van der Waals surface area contributed by atoms with E-state index in [2.05, 4.69) is 31.1 Å². The van der Waals surface area contributed by atoms with E-state index >= 15 is 0 Å². The number of hydrogen-bond donors (Lipinski definition) is 3. The number of nitrogens with zero attached hydrogens (tertiary/aromatic N) is 4. The van der Waals surface area contributed by atoms with Crippen molar-refractivity contribution < 1.29 is 19.5 Å². The molecule has 0 spiro atoms. The molecule has 0 saturated carbocycles. The van der Waals surface area contributed by atoms with Gasteiger partial charge < -0.3 is 15.7 Å². The second kappa shape index (κ2) is 15.3. The van der Waals surface area contributed by atoms with Gasteiger partial charge in [-0.2, -0.15) is 20.5 Å². The van der Waals surface area contributed by atoms with Crippen molar-refractivity contribution in [2.45, 2.75) is 25.3 Å². The fourth-order valence-electron chi connectivity index (χ4n) is 3.86. The summed E-state index contributed by atoms with van der Waals surface area (Å²) in [6.45, 7) is 0.369. The zero-order valence-electron chi connectivity index (χ0n) is 22.8. The molecule has 0 unspecified atom stereocenters. The van der Waals surface area contributed by atoms with E-state index in [0.29, 0.717) is 47.6 Å². The van der Waals surface area contributed by atoms with Gasteiger partial charge in [-0.1, -0.05) is 36.4 Å². The number of rotatable bonds is 13. The van der Waals surface area contributed by atoms with Crippen molar-refractivity contribution in [3.63, 3.8) is 0 Å². The average Bonchev–Trinajstić information content (AvgIpc) is 3.03. The van der Waals surface area contributed by atoms with E-state index in [1.54, 1.807) is 48.5 Å². The Bertz CT molecular complexity index is 1520. The van der Waals surface area contributed by atoms with Crippen molar-refractivity contribution >= 4 is 40.5 Å². The van der Waals surface area contributed by atoms with E-state index in [1.165, 1.54) is 0 Å². The molecular formula is C32H30N6O4. The molecule has 0 aliphatic carbocycles. The molecule has 0 aromatic heterocycles. The van der Waals surface area contributed by atoms with Crippen LogP contribution in [0.3, 0.4) is 0 Å². The normalized spacial score (nSPS) is 11.8. The number of benzene rings is 4. The van der Waals surface area contributed by atoms with Crippen LogP contribution in [0.2, 0.25) is 0 Å². The van der Waals surface area contributed by atoms with Gasteiger partial charge >= 0.3 is 5.97 Å². The van der Waals surface area contributed by atoms with Crippen LogP contribution >= 0.6 is 0 Å². The quantitative estimate of drug-likeness (QED) is 0.116. The molecule has 0 heterocycles. The molecule has 4 aromatic carbocycles. The summed E-state index contributed by atoms with van der Waals surface area (Å²) < 4.78 is 0. The van der Waals surface area contributed by atoms with Gasteiger partial charge in [-0.3, -0.25) is 9.59 Å². The summed E-state index contributed by atoms with van der Waals surface area (Å²) in [5.74, 6) is -1.85. The first-order valence-corrected chi connectivity index (χ1v) is 13.4. The summed E-state index contributed by atoms with van der Waals surface area (Å²) in [5, 5.41) is 31.6. The first-order chi connectivity index (χ1) is 20.5. The van der Waals surface area contributed by atoms with E-state index in [0.717, 1.165) is 5.69 Å². The van der Waals surface area contributed by atoms with Crippen LogP contribution in [0.15, 0.2) is 130 Å². The summed E-state index contributed by atoms with van der Waals surface area (Å²) in [5.41, 5.74) is 3.44. The molecule has 10 heteroatoms. The Kier molecular flexibility index (Phi) is 10.8. The lowest BCUT2D eigenvalue weighted by atomic mass is 10.1. The number of hydrogen-bond acceptors (Lipinski definition) is 7. The average molecular weight is 563 g/mol. The Morgan fingerprint density at radius 1 is 0.571 bits per heavy atom. The molecule has 212 valence electrons. The fraction of sp³-hybridized carbons (Fsp3) is 0.156. The summed E-state index contributed by atoms with van der Waals surface area (Å²) in [4.78, 5) is 36.8. The van der Waals surface area contributed by atoms with E-state index in [4.69, 9.17) is 0 Å². The summed E-state index contributed by atoms with van der Waals surface area (Å²) in [6.07, 6.45) is 1.27. The maximum atomic E-state index is 12.6. The summed E-state index contributed by atoms with van der Waals surface area (Å²) >= 11 is 0. The van der Waals surface area contributed by atoms with Crippen LogP contribution in [0.1, 0.15) is 40.0 Å². The van der Waals surface area contributed by atoms with Gasteiger partial charge in [-0.05, 0) is 92.1 Å². The molecule has 4 aromatic rings. The van der Waals surface area contributed by atoms with E-state index < -0.39 is 17.9 Å². The standard InChI is InChI=1S/C32H30N6O4/c39-30(23-14-18-27(19-15-23)37-35-25-9-3-1-4-10-25)33-22-8-7-13-29(32(41)42)34-31(40)24-16-20-28(21-17-24)38-36-26-11-5-2-6-12-26/h1-6,9-12,14-21,29H,7-8,13,22H2,(H,33,39)(H,34,40)(H,41,42)/t29-/m0/s1.